The molecule has 0 spiro atoms. The molecule has 0 saturated heterocycles. The molecule has 4 rings (SSSR count). The Hall–Kier alpha value is -3.21. The normalized spacial score (nSPS) is 13.2. The third kappa shape index (κ3) is 2.72. The summed E-state index contributed by atoms with van der Waals surface area (Å²) >= 11 is 0. The number of cyclic esters (lactones) is 1. The van der Waals surface area contributed by atoms with Crippen LogP contribution in [0.5, 0.6) is 0 Å². The lowest BCUT2D eigenvalue weighted by Crippen LogP contribution is -2.03. The van der Waals surface area contributed by atoms with Gasteiger partial charge in [0.15, 0.2) is 5.82 Å². The maximum Gasteiger partial charge on any atom is 0.338 e. The van der Waals surface area contributed by atoms with E-state index in [1.807, 2.05) is 41.1 Å². The van der Waals surface area contributed by atoms with Crippen LogP contribution in [0.4, 0.5) is 5.69 Å². The van der Waals surface area contributed by atoms with E-state index in [1.54, 1.807) is 18.5 Å². The van der Waals surface area contributed by atoms with Gasteiger partial charge < -0.3 is 9.30 Å². The molecule has 0 unspecified atom stereocenters. The molecule has 1 aliphatic rings. The van der Waals surface area contributed by atoms with Crippen molar-refractivity contribution in [3.05, 3.63) is 83.4 Å². The van der Waals surface area contributed by atoms with E-state index in [0.29, 0.717) is 5.56 Å². The van der Waals surface area contributed by atoms with Gasteiger partial charge in [0.2, 0.25) is 0 Å². The Balaban J connectivity index is 1.60. The fourth-order valence-electron chi connectivity index (χ4n) is 2.74. The molecule has 5 nitrogen and oxygen atoms in total. The number of fused-ring (bicyclic) bond motifs is 1. The molecule has 1 aromatic heterocycles. The molecule has 2 aromatic carbocycles. The van der Waals surface area contributed by atoms with Crippen LogP contribution in [0, 0.1) is 0 Å². The smallest absolute Gasteiger partial charge is 0.338 e. The van der Waals surface area contributed by atoms with E-state index in [-0.39, 0.29) is 12.6 Å². The van der Waals surface area contributed by atoms with Gasteiger partial charge in [0.25, 0.3) is 0 Å². The second kappa shape index (κ2) is 6.12. The minimum absolute atomic E-state index is 0.278. The zero-order chi connectivity index (χ0) is 16.4. The van der Waals surface area contributed by atoms with Crippen molar-refractivity contribution >= 4 is 17.9 Å². The molecule has 0 bridgehead atoms. The van der Waals surface area contributed by atoms with Crippen LogP contribution in [0.25, 0.3) is 0 Å². The number of benzene rings is 2. The van der Waals surface area contributed by atoms with Crippen LogP contribution in [0.2, 0.25) is 0 Å². The number of ether oxygens (including phenoxy) is 1. The Kier molecular flexibility index (Phi) is 3.67. The highest BCUT2D eigenvalue weighted by Gasteiger charge is 2.23. The van der Waals surface area contributed by atoms with E-state index in [1.165, 1.54) is 5.56 Å². The van der Waals surface area contributed by atoms with Crippen molar-refractivity contribution in [3.8, 4) is 0 Å². The highest BCUT2D eigenvalue weighted by molar-refractivity contribution is 5.95. The minimum atomic E-state index is -0.285. The molecule has 2 heterocycles. The topological polar surface area (TPSA) is 56.5 Å². The fourth-order valence-corrected chi connectivity index (χ4v) is 2.74. The number of carbonyl (C=O) groups is 1. The van der Waals surface area contributed by atoms with Gasteiger partial charge in [0.05, 0.1) is 17.5 Å². The maximum atomic E-state index is 11.6. The van der Waals surface area contributed by atoms with Crippen molar-refractivity contribution < 1.29 is 9.53 Å². The Morgan fingerprint density at radius 1 is 1.17 bits per heavy atom. The van der Waals surface area contributed by atoms with Crippen molar-refractivity contribution in [2.24, 2.45) is 4.99 Å². The van der Waals surface area contributed by atoms with Gasteiger partial charge in [-0.1, -0.05) is 36.4 Å². The van der Waals surface area contributed by atoms with E-state index in [4.69, 9.17) is 4.74 Å². The molecule has 0 atom stereocenters. The number of aromatic nitrogens is 2. The maximum absolute atomic E-state index is 11.6. The second-order valence-corrected chi connectivity index (χ2v) is 5.54. The zero-order valence-corrected chi connectivity index (χ0v) is 12.9. The third-order valence-corrected chi connectivity index (χ3v) is 3.98. The molecule has 5 heteroatoms. The van der Waals surface area contributed by atoms with Gasteiger partial charge in [0, 0.05) is 24.5 Å². The van der Waals surface area contributed by atoms with Crippen LogP contribution < -0.4 is 0 Å². The van der Waals surface area contributed by atoms with Gasteiger partial charge in [-0.05, 0) is 17.7 Å². The number of esters is 1. The first-order valence-corrected chi connectivity index (χ1v) is 7.69. The highest BCUT2D eigenvalue weighted by Crippen LogP contribution is 2.29. The van der Waals surface area contributed by atoms with E-state index in [9.17, 15) is 4.79 Å². The number of rotatable bonds is 4. The lowest BCUT2D eigenvalue weighted by molar-refractivity contribution is 0.0535. The summed E-state index contributed by atoms with van der Waals surface area (Å²) in [6.07, 6.45) is 5.41. The van der Waals surface area contributed by atoms with E-state index in [0.717, 1.165) is 23.6 Å². The van der Waals surface area contributed by atoms with Gasteiger partial charge in [-0.3, -0.25) is 4.99 Å². The van der Waals surface area contributed by atoms with E-state index >= 15 is 0 Å². The third-order valence-electron chi connectivity index (χ3n) is 3.98. The molecule has 3 aromatic rings. The molecule has 1 aliphatic heterocycles. The van der Waals surface area contributed by atoms with Crippen LogP contribution in [-0.4, -0.2) is 21.7 Å². The Bertz CT molecular complexity index is 913. The molecule has 0 amide bonds. The lowest BCUT2D eigenvalue weighted by atomic mass is 10.1. The van der Waals surface area contributed by atoms with Gasteiger partial charge in [-0.25, -0.2) is 9.78 Å². The molecule has 0 aliphatic carbocycles. The summed E-state index contributed by atoms with van der Waals surface area (Å²) in [4.78, 5) is 20.5. The monoisotopic (exact) mass is 317 g/mol. The van der Waals surface area contributed by atoms with Crippen molar-refractivity contribution in [2.75, 3.05) is 0 Å². The standard InChI is InChI=1S/C19H15N3O2/c23-19-15-7-4-8-17(16(15)13-24-19)21-11-18-20-9-10-22(18)12-14-5-2-1-3-6-14/h1-11H,12-13H2. The van der Waals surface area contributed by atoms with Crippen LogP contribution >= 0.6 is 0 Å². The largest absolute Gasteiger partial charge is 0.457 e. The Morgan fingerprint density at radius 3 is 2.92 bits per heavy atom. The number of hydrogen-bond donors (Lipinski definition) is 0. The van der Waals surface area contributed by atoms with Crippen molar-refractivity contribution in [1.29, 1.82) is 0 Å². The molecule has 118 valence electrons. The molecular weight excluding hydrogens is 302 g/mol. The molecule has 0 saturated carbocycles. The molecule has 0 N–H and O–H groups in total. The zero-order valence-electron chi connectivity index (χ0n) is 12.9. The van der Waals surface area contributed by atoms with Crippen molar-refractivity contribution in [3.63, 3.8) is 0 Å². The molecule has 0 fully saturated rings. The van der Waals surface area contributed by atoms with Crippen LogP contribution in [0.3, 0.4) is 0 Å². The second-order valence-electron chi connectivity index (χ2n) is 5.54. The van der Waals surface area contributed by atoms with Crippen molar-refractivity contribution in [2.45, 2.75) is 13.2 Å². The summed E-state index contributed by atoms with van der Waals surface area (Å²) in [6, 6.07) is 15.6. The van der Waals surface area contributed by atoms with Crippen LogP contribution in [0.1, 0.15) is 27.3 Å². The molecule has 24 heavy (non-hydrogen) atoms. The number of hydrogen-bond acceptors (Lipinski definition) is 4. The Morgan fingerprint density at radius 2 is 2.04 bits per heavy atom. The average Bonchev–Trinajstić information content (AvgIpc) is 3.21. The summed E-state index contributed by atoms with van der Waals surface area (Å²) in [5.74, 6) is 0.481. The quantitative estimate of drug-likeness (QED) is 0.548. The predicted octanol–water partition coefficient (Wildman–Crippen LogP) is 3.35. The summed E-state index contributed by atoms with van der Waals surface area (Å²) in [5.41, 5.74) is 3.37. The van der Waals surface area contributed by atoms with Crippen LogP contribution in [-0.2, 0) is 17.9 Å². The fraction of sp³-hybridized carbons (Fsp3) is 0.105. The summed E-state index contributed by atoms with van der Waals surface area (Å²) < 4.78 is 7.10. The SMILES string of the molecule is O=C1OCc2c(N=Cc3nccn3Cc3ccccc3)cccc21. The Labute approximate surface area is 139 Å². The first-order chi connectivity index (χ1) is 11.8. The molecular formula is C19H15N3O2. The number of imidazole rings is 1. The minimum Gasteiger partial charge on any atom is -0.457 e. The first-order valence-electron chi connectivity index (χ1n) is 7.69. The van der Waals surface area contributed by atoms with E-state index < -0.39 is 0 Å². The average molecular weight is 317 g/mol. The van der Waals surface area contributed by atoms with Crippen LogP contribution in [0.15, 0.2) is 65.9 Å². The van der Waals surface area contributed by atoms with E-state index in [2.05, 4.69) is 22.1 Å². The summed E-state index contributed by atoms with van der Waals surface area (Å²) in [6.45, 7) is 1.01. The van der Waals surface area contributed by atoms with Gasteiger partial charge >= 0.3 is 5.97 Å². The van der Waals surface area contributed by atoms with Gasteiger partial charge in [0.1, 0.15) is 6.61 Å². The van der Waals surface area contributed by atoms with Gasteiger partial charge in [-0.2, -0.15) is 0 Å². The highest BCUT2D eigenvalue weighted by atomic mass is 16.5. The predicted molar refractivity (Wildman–Crippen MR) is 90.6 cm³/mol. The number of nitrogens with zero attached hydrogens (tertiary/aromatic N) is 3. The first kappa shape index (κ1) is 14.4. The number of carbonyl (C=O) groups excluding carboxylic acids is 1. The lowest BCUT2D eigenvalue weighted by Gasteiger charge is -2.05. The molecule has 0 radical (unpaired) electrons. The summed E-state index contributed by atoms with van der Waals surface area (Å²) in [5, 5.41) is 0. The number of aliphatic imine (C=N–C) groups is 1. The summed E-state index contributed by atoms with van der Waals surface area (Å²) in [7, 11) is 0. The van der Waals surface area contributed by atoms with Gasteiger partial charge in [-0.15, -0.1) is 0 Å². The van der Waals surface area contributed by atoms with Crippen molar-refractivity contribution in [1.82, 2.24) is 9.55 Å².